The molecule has 0 radical (unpaired) electrons. The molecule has 2 heterocycles. The molecular formula is C18H23N3O4. The second-order valence-electron chi connectivity index (χ2n) is 6.50. The van der Waals surface area contributed by atoms with Crippen LogP contribution in [0.1, 0.15) is 43.7 Å². The lowest BCUT2D eigenvalue weighted by Crippen LogP contribution is -2.44. The average Bonchev–Trinajstić information content (AvgIpc) is 2.84. The minimum absolute atomic E-state index is 0.189. The second-order valence-corrected chi connectivity index (χ2v) is 6.50. The molecule has 25 heavy (non-hydrogen) atoms. The first-order valence-corrected chi connectivity index (χ1v) is 8.68. The van der Waals surface area contributed by atoms with Gasteiger partial charge in [0, 0.05) is 20.1 Å². The Balaban J connectivity index is 2.00. The monoisotopic (exact) mass is 345 g/mol. The fraction of sp³-hybridized carbons (Fsp3) is 0.500. The number of aryl methyl sites for hydroxylation is 2. The molecule has 7 nitrogen and oxygen atoms in total. The first-order valence-electron chi connectivity index (χ1n) is 8.68. The number of hydrogen-bond acceptors (Lipinski definition) is 4. The van der Waals surface area contributed by atoms with Crippen LogP contribution >= 0.6 is 0 Å². The molecule has 0 spiro atoms. The van der Waals surface area contributed by atoms with Gasteiger partial charge in [-0.2, -0.15) is 0 Å². The summed E-state index contributed by atoms with van der Waals surface area (Å²) in [6, 6.07) is 5.08. The Hall–Kier alpha value is -2.41. The number of aliphatic hydroxyl groups excluding tert-OH is 1. The van der Waals surface area contributed by atoms with Gasteiger partial charge >= 0.3 is 5.69 Å². The molecule has 3 rings (SSSR count). The summed E-state index contributed by atoms with van der Waals surface area (Å²) in [5.74, 6) is -0.710. The Labute approximate surface area is 145 Å². The van der Waals surface area contributed by atoms with Crippen LogP contribution in [-0.2, 0) is 23.1 Å². The summed E-state index contributed by atoms with van der Waals surface area (Å²) in [4.78, 5) is 36.4. The van der Waals surface area contributed by atoms with E-state index in [0.717, 1.165) is 42.3 Å². The molecule has 1 atom stereocenters. The first-order chi connectivity index (χ1) is 12.0. The summed E-state index contributed by atoms with van der Waals surface area (Å²) in [6.45, 7) is 0.189. The van der Waals surface area contributed by atoms with Crippen molar-refractivity contribution in [1.82, 2.24) is 14.5 Å². The third kappa shape index (κ3) is 3.24. The highest BCUT2D eigenvalue weighted by molar-refractivity contribution is 6.00. The molecule has 2 N–H and O–H groups in total. The summed E-state index contributed by atoms with van der Waals surface area (Å²) in [6.07, 6.45) is 4.01. The van der Waals surface area contributed by atoms with Gasteiger partial charge in [-0.1, -0.05) is 18.6 Å². The Kier molecular flexibility index (Phi) is 5.03. The van der Waals surface area contributed by atoms with E-state index in [1.807, 2.05) is 18.2 Å². The predicted molar refractivity (Wildman–Crippen MR) is 93.2 cm³/mol. The van der Waals surface area contributed by atoms with Gasteiger partial charge in [-0.3, -0.25) is 24.0 Å². The molecule has 0 aliphatic carbocycles. The predicted octanol–water partition coefficient (Wildman–Crippen LogP) is 1.02. The van der Waals surface area contributed by atoms with E-state index in [4.69, 9.17) is 5.11 Å². The summed E-state index contributed by atoms with van der Waals surface area (Å²) < 4.78 is 3.09. The zero-order valence-electron chi connectivity index (χ0n) is 14.3. The van der Waals surface area contributed by atoms with Gasteiger partial charge in [0.25, 0.3) is 0 Å². The maximum Gasteiger partial charge on any atom is 0.329 e. The molecule has 1 saturated heterocycles. The number of aromatic nitrogens is 2. The molecule has 7 heteroatoms. The number of amides is 2. The van der Waals surface area contributed by atoms with Crippen molar-refractivity contribution in [1.29, 1.82) is 0 Å². The number of rotatable bonds is 6. The van der Waals surface area contributed by atoms with Crippen LogP contribution in [0.15, 0.2) is 23.0 Å². The number of imidazole rings is 1. The fourth-order valence-corrected chi connectivity index (χ4v) is 3.56. The van der Waals surface area contributed by atoms with E-state index in [1.165, 1.54) is 4.57 Å². The van der Waals surface area contributed by atoms with Crippen LogP contribution in [0.25, 0.3) is 11.0 Å². The van der Waals surface area contributed by atoms with Crippen LogP contribution in [0.2, 0.25) is 0 Å². The Morgan fingerprint density at radius 1 is 1.20 bits per heavy atom. The van der Waals surface area contributed by atoms with Crippen molar-refractivity contribution < 1.29 is 14.7 Å². The Morgan fingerprint density at radius 3 is 2.72 bits per heavy atom. The number of unbranched alkanes of at least 4 members (excludes halogenated alkanes) is 2. The van der Waals surface area contributed by atoms with Crippen molar-refractivity contribution in [2.75, 3.05) is 6.61 Å². The zero-order valence-corrected chi connectivity index (χ0v) is 14.3. The first kappa shape index (κ1) is 17.4. The molecule has 0 bridgehead atoms. The summed E-state index contributed by atoms with van der Waals surface area (Å²) in [7, 11) is 1.71. The van der Waals surface area contributed by atoms with Crippen molar-refractivity contribution in [2.24, 2.45) is 7.05 Å². The second kappa shape index (κ2) is 7.23. The number of aliphatic hydroxyl groups is 1. The van der Waals surface area contributed by atoms with Crippen LogP contribution in [0.4, 0.5) is 0 Å². The van der Waals surface area contributed by atoms with Crippen LogP contribution in [-0.4, -0.2) is 32.7 Å². The lowest BCUT2D eigenvalue weighted by molar-refractivity contribution is -0.135. The number of carbonyl (C=O) groups excluding carboxylic acids is 2. The number of benzene rings is 1. The van der Waals surface area contributed by atoms with Crippen molar-refractivity contribution in [3.05, 3.63) is 34.2 Å². The van der Waals surface area contributed by atoms with Gasteiger partial charge in [0.05, 0.1) is 11.0 Å². The number of para-hydroxylation sites is 1. The van der Waals surface area contributed by atoms with Crippen molar-refractivity contribution in [3.63, 3.8) is 0 Å². The topological polar surface area (TPSA) is 93.3 Å². The van der Waals surface area contributed by atoms with Crippen molar-refractivity contribution >= 4 is 22.8 Å². The van der Waals surface area contributed by atoms with Gasteiger partial charge in [0.1, 0.15) is 6.04 Å². The number of nitrogens with one attached hydrogen (secondary N) is 1. The van der Waals surface area contributed by atoms with Crippen LogP contribution in [0.3, 0.4) is 0 Å². The highest BCUT2D eigenvalue weighted by Crippen LogP contribution is 2.25. The molecule has 1 aliphatic rings. The van der Waals surface area contributed by atoms with Gasteiger partial charge in [-0.15, -0.1) is 0 Å². The SMILES string of the molecule is Cn1c(=O)n(C2CCC(=O)NC2=O)c2cccc(CCCCCO)c21. The highest BCUT2D eigenvalue weighted by Gasteiger charge is 2.31. The Morgan fingerprint density at radius 2 is 2.00 bits per heavy atom. The molecule has 2 aromatic rings. The molecule has 1 aliphatic heterocycles. The summed E-state index contributed by atoms with van der Waals surface area (Å²) in [5.41, 5.74) is 2.37. The number of piperidine rings is 1. The minimum atomic E-state index is -0.654. The maximum atomic E-state index is 12.8. The lowest BCUT2D eigenvalue weighted by atomic mass is 10.0. The van der Waals surface area contributed by atoms with E-state index in [-0.39, 0.29) is 24.6 Å². The highest BCUT2D eigenvalue weighted by atomic mass is 16.3. The molecule has 2 amide bonds. The molecule has 1 fully saturated rings. The van der Waals surface area contributed by atoms with Gasteiger partial charge in [-0.05, 0) is 37.3 Å². The van der Waals surface area contributed by atoms with Gasteiger partial charge in [-0.25, -0.2) is 4.79 Å². The van der Waals surface area contributed by atoms with Gasteiger partial charge < -0.3 is 5.11 Å². The smallest absolute Gasteiger partial charge is 0.329 e. The van der Waals surface area contributed by atoms with Crippen LogP contribution < -0.4 is 11.0 Å². The standard InChI is InChI=1S/C18H23N3O4/c1-20-16-12(6-3-2-4-11-22)7-5-8-13(16)21(18(20)25)14-9-10-15(23)19-17(14)24/h5,7-8,14,22H,2-4,6,9-11H2,1H3,(H,19,23,24). The molecule has 0 saturated carbocycles. The molecule has 1 unspecified atom stereocenters. The van der Waals surface area contributed by atoms with Crippen molar-refractivity contribution in [2.45, 2.75) is 44.6 Å². The minimum Gasteiger partial charge on any atom is -0.396 e. The molecule has 1 aromatic carbocycles. The van der Waals surface area contributed by atoms with E-state index < -0.39 is 11.9 Å². The summed E-state index contributed by atoms with van der Waals surface area (Å²) >= 11 is 0. The number of nitrogens with zero attached hydrogens (tertiary/aromatic N) is 2. The van der Waals surface area contributed by atoms with Crippen LogP contribution in [0.5, 0.6) is 0 Å². The van der Waals surface area contributed by atoms with Crippen molar-refractivity contribution in [3.8, 4) is 0 Å². The maximum absolute atomic E-state index is 12.8. The number of imide groups is 1. The third-order valence-corrected chi connectivity index (χ3v) is 4.81. The van der Waals surface area contributed by atoms with E-state index in [1.54, 1.807) is 11.6 Å². The van der Waals surface area contributed by atoms with E-state index in [2.05, 4.69) is 5.32 Å². The average molecular weight is 345 g/mol. The van der Waals surface area contributed by atoms with E-state index in [0.29, 0.717) is 6.42 Å². The molecular weight excluding hydrogens is 322 g/mol. The fourth-order valence-electron chi connectivity index (χ4n) is 3.56. The molecule has 134 valence electrons. The zero-order chi connectivity index (χ0) is 18.0. The lowest BCUT2D eigenvalue weighted by Gasteiger charge is -2.21. The van der Waals surface area contributed by atoms with Gasteiger partial charge in [0.2, 0.25) is 11.8 Å². The third-order valence-electron chi connectivity index (χ3n) is 4.81. The molecule has 1 aromatic heterocycles. The Bertz CT molecular complexity index is 865. The van der Waals surface area contributed by atoms with E-state index >= 15 is 0 Å². The largest absolute Gasteiger partial charge is 0.396 e. The normalized spacial score (nSPS) is 17.9. The van der Waals surface area contributed by atoms with Gasteiger partial charge in [0.15, 0.2) is 0 Å². The number of fused-ring (bicyclic) bond motifs is 1. The number of hydrogen-bond donors (Lipinski definition) is 2. The van der Waals surface area contributed by atoms with E-state index in [9.17, 15) is 14.4 Å². The number of carbonyl (C=O) groups is 2. The quantitative estimate of drug-likeness (QED) is 0.604. The van der Waals surface area contributed by atoms with Crippen LogP contribution in [0, 0.1) is 0 Å². The summed E-state index contributed by atoms with van der Waals surface area (Å²) in [5, 5.41) is 11.2.